The van der Waals surface area contributed by atoms with Crippen LogP contribution in [0.3, 0.4) is 0 Å². The Bertz CT molecular complexity index is 472. The van der Waals surface area contributed by atoms with Crippen molar-refractivity contribution >= 4 is 33.2 Å². The molecule has 0 aliphatic heterocycles. The van der Waals surface area contributed by atoms with Gasteiger partial charge in [0.2, 0.25) is 5.91 Å². The Morgan fingerprint density at radius 3 is 2.95 bits per heavy atom. The molecule has 1 aromatic heterocycles. The molecule has 1 aromatic rings. The normalized spacial score (nSPS) is 19.8. The molecule has 0 bridgehead atoms. The maximum atomic E-state index is 12.1. The molecular formula is C15H23BrN2OS. The summed E-state index contributed by atoms with van der Waals surface area (Å²) < 4.78 is 1.19. The van der Waals surface area contributed by atoms with Crippen LogP contribution in [-0.2, 0) is 11.2 Å². The predicted molar refractivity (Wildman–Crippen MR) is 88.1 cm³/mol. The van der Waals surface area contributed by atoms with Crippen molar-refractivity contribution < 1.29 is 4.79 Å². The summed E-state index contributed by atoms with van der Waals surface area (Å²) in [5, 5.41) is 6.48. The summed E-state index contributed by atoms with van der Waals surface area (Å²) >= 11 is 5.39. The number of nitrogens with one attached hydrogen (secondary N) is 2. The molecule has 1 aliphatic rings. The third-order valence-electron chi connectivity index (χ3n) is 3.61. The zero-order chi connectivity index (χ0) is 14.7. The van der Waals surface area contributed by atoms with E-state index >= 15 is 0 Å². The van der Waals surface area contributed by atoms with Gasteiger partial charge in [0.05, 0.1) is 9.83 Å². The summed E-state index contributed by atoms with van der Waals surface area (Å²) in [5.41, 5.74) is 1.37. The maximum absolute atomic E-state index is 12.1. The van der Waals surface area contributed by atoms with Gasteiger partial charge < -0.3 is 5.32 Å². The topological polar surface area (TPSA) is 41.1 Å². The van der Waals surface area contributed by atoms with Crippen molar-refractivity contribution in [1.82, 2.24) is 10.6 Å². The van der Waals surface area contributed by atoms with Crippen LogP contribution in [0.5, 0.6) is 0 Å². The maximum Gasteiger partial charge on any atom is 0.236 e. The standard InChI is InChI=1S/C15H23BrN2OS/c1-9(2)8-17-15(19)10(3)18-12-5-4-6-13-11(12)7-14(16)20-13/h7,9-10,12,18H,4-6,8H2,1-3H3,(H,17,19). The molecule has 0 spiro atoms. The van der Waals surface area contributed by atoms with E-state index in [0.29, 0.717) is 12.0 Å². The summed E-state index contributed by atoms with van der Waals surface area (Å²) in [4.78, 5) is 13.5. The smallest absolute Gasteiger partial charge is 0.236 e. The van der Waals surface area contributed by atoms with Gasteiger partial charge in [0, 0.05) is 17.5 Å². The van der Waals surface area contributed by atoms with Gasteiger partial charge in [-0.2, -0.15) is 0 Å². The second-order valence-corrected chi connectivity index (χ2v) is 8.42. The zero-order valence-electron chi connectivity index (χ0n) is 12.3. The Morgan fingerprint density at radius 2 is 2.25 bits per heavy atom. The Morgan fingerprint density at radius 1 is 1.50 bits per heavy atom. The van der Waals surface area contributed by atoms with Crippen molar-refractivity contribution in [2.24, 2.45) is 5.92 Å². The number of halogens is 1. The first-order valence-corrected chi connectivity index (χ1v) is 8.90. The molecular weight excluding hydrogens is 336 g/mol. The molecule has 2 N–H and O–H groups in total. The second kappa shape index (κ2) is 7.05. The van der Waals surface area contributed by atoms with Crippen LogP contribution in [0.2, 0.25) is 0 Å². The second-order valence-electron chi connectivity index (χ2n) is 5.90. The van der Waals surface area contributed by atoms with Gasteiger partial charge in [0.25, 0.3) is 0 Å². The van der Waals surface area contributed by atoms with Crippen molar-refractivity contribution in [2.45, 2.75) is 52.1 Å². The monoisotopic (exact) mass is 358 g/mol. The number of hydrogen-bond donors (Lipinski definition) is 2. The summed E-state index contributed by atoms with van der Waals surface area (Å²) in [6.07, 6.45) is 3.47. The van der Waals surface area contributed by atoms with Gasteiger partial charge in [-0.05, 0) is 59.7 Å². The van der Waals surface area contributed by atoms with Crippen LogP contribution in [-0.4, -0.2) is 18.5 Å². The van der Waals surface area contributed by atoms with Gasteiger partial charge in [-0.25, -0.2) is 0 Å². The van der Waals surface area contributed by atoms with E-state index in [1.165, 1.54) is 20.6 Å². The minimum Gasteiger partial charge on any atom is -0.354 e. The third-order valence-corrected chi connectivity index (χ3v) is 5.33. The van der Waals surface area contributed by atoms with Crippen LogP contribution >= 0.6 is 27.3 Å². The number of hydrogen-bond acceptors (Lipinski definition) is 3. The Labute approximate surface area is 133 Å². The zero-order valence-corrected chi connectivity index (χ0v) is 14.7. The lowest BCUT2D eigenvalue weighted by Gasteiger charge is -2.27. The molecule has 5 heteroatoms. The highest BCUT2D eigenvalue weighted by Gasteiger charge is 2.25. The highest BCUT2D eigenvalue weighted by molar-refractivity contribution is 9.11. The number of aryl methyl sites for hydroxylation is 1. The van der Waals surface area contributed by atoms with Crippen LogP contribution in [0, 0.1) is 5.92 Å². The van der Waals surface area contributed by atoms with E-state index < -0.39 is 0 Å². The average Bonchev–Trinajstić information content (AvgIpc) is 2.77. The average molecular weight is 359 g/mol. The predicted octanol–water partition coefficient (Wildman–Crippen LogP) is 3.64. The van der Waals surface area contributed by atoms with Crippen molar-refractivity contribution in [1.29, 1.82) is 0 Å². The first kappa shape index (κ1) is 16.0. The minimum absolute atomic E-state index is 0.0973. The summed E-state index contributed by atoms with van der Waals surface area (Å²) in [5.74, 6) is 0.584. The number of thiophene rings is 1. The molecule has 2 unspecified atom stereocenters. The molecule has 0 fully saturated rings. The lowest BCUT2D eigenvalue weighted by Crippen LogP contribution is -2.45. The molecule has 0 saturated carbocycles. The van der Waals surface area contributed by atoms with Crippen molar-refractivity contribution in [3.63, 3.8) is 0 Å². The SMILES string of the molecule is CC(C)CNC(=O)C(C)NC1CCCc2sc(Br)cc21. The highest BCUT2D eigenvalue weighted by atomic mass is 79.9. The fourth-order valence-corrected chi connectivity index (χ4v) is 4.35. The van der Waals surface area contributed by atoms with E-state index in [-0.39, 0.29) is 11.9 Å². The van der Waals surface area contributed by atoms with Crippen molar-refractivity contribution in [3.05, 3.63) is 20.3 Å². The number of fused-ring (bicyclic) bond motifs is 1. The summed E-state index contributed by atoms with van der Waals surface area (Å²) in [6, 6.07) is 2.36. The van der Waals surface area contributed by atoms with E-state index in [0.717, 1.165) is 19.4 Å². The van der Waals surface area contributed by atoms with Crippen molar-refractivity contribution in [3.8, 4) is 0 Å². The largest absolute Gasteiger partial charge is 0.354 e. The number of rotatable bonds is 5. The fourth-order valence-electron chi connectivity index (χ4n) is 2.53. The highest BCUT2D eigenvalue weighted by Crippen LogP contribution is 2.38. The first-order valence-electron chi connectivity index (χ1n) is 7.29. The molecule has 0 radical (unpaired) electrons. The molecule has 2 atom stereocenters. The van der Waals surface area contributed by atoms with Crippen LogP contribution in [0.25, 0.3) is 0 Å². The van der Waals surface area contributed by atoms with E-state index in [4.69, 9.17) is 0 Å². The minimum atomic E-state index is -0.150. The van der Waals surface area contributed by atoms with Crippen LogP contribution in [0.15, 0.2) is 9.85 Å². The van der Waals surface area contributed by atoms with Gasteiger partial charge in [-0.3, -0.25) is 10.1 Å². The quantitative estimate of drug-likeness (QED) is 0.843. The lowest BCUT2D eigenvalue weighted by molar-refractivity contribution is -0.123. The van der Waals surface area contributed by atoms with Crippen LogP contribution in [0.4, 0.5) is 0 Å². The van der Waals surface area contributed by atoms with Gasteiger partial charge >= 0.3 is 0 Å². The fraction of sp³-hybridized carbons (Fsp3) is 0.667. The number of carbonyl (C=O) groups excluding carboxylic acids is 1. The molecule has 3 nitrogen and oxygen atoms in total. The molecule has 112 valence electrons. The third kappa shape index (κ3) is 4.06. The van der Waals surface area contributed by atoms with Gasteiger partial charge in [-0.15, -0.1) is 11.3 Å². The Hall–Kier alpha value is -0.390. The molecule has 1 heterocycles. The Kier molecular flexibility index (Phi) is 5.64. The Balaban J connectivity index is 1.95. The van der Waals surface area contributed by atoms with Crippen molar-refractivity contribution in [2.75, 3.05) is 6.54 Å². The molecule has 2 rings (SSSR count). The van der Waals surface area contributed by atoms with Crippen LogP contribution < -0.4 is 10.6 Å². The number of amides is 1. The lowest BCUT2D eigenvalue weighted by atomic mass is 9.93. The summed E-state index contributed by atoms with van der Waals surface area (Å²) in [6.45, 7) is 6.90. The van der Waals surface area contributed by atoms with Gasteiger partial charge in [0.1, 0.15) is 0 Å². The van der Waals surface area contributed by atoms with Crippen LogP contribution in [0.1, 0.15) is 50.1 Å². The molecule has 1 amide bonds. The number of carbonyl (C=O) groups is 1. The first-order chi connectivity index (χ1) is 9.47. The molecule has 0 aromatic carbocycles. The van der Waals surface area contributed by atoms with E-state index in [2.05, 4.69) is 46.5 Å². The molecule has 0 saturated heterocycles. The van der Waals surface area contributed by atoms with E-state index in [1.807, 2.05) is 18.3 Å². The van der Waals surface area contributed by atoms with E-state index in [9.17, 15) is 4.79 Å². The van der Waals surface area contributed by atoms with Gasteiger partial charge in [-0.1, -0.05) is 13.8 Å². The molecule has 1 aliphatic carbocycles. The summed E-state index contributed by atoms with van der Waals surface area (Å²) in [7, 11) is 0. The van der Waals surface area contributed by atoms with E-state index in [1.54, 1.807) is 0 Å². The molecule has 20 heavy (non-hydrogen) atoms. The van der Waals surface area contributed by atoms with Gasteiger partial charge in [0.15, 0.2) is 0 Å².